The van der Waals surface area contributed by atoms with Crippen LogP contribution in [0.25, 0.3) is 0 Å². The Bertz CT molecular complexity index is 516. The zero-order valence-corrected chi connectivity index (χ0v) is 15.0. The van der Waals surface area contributed by atoms with Crippen LogP contribution in [0.4, 0.5) is 4.79 Å². The van der Waals surface area contributed by atoms with Crippen LogP contribution >= 0.6 is 0 Å². The fourth-order valence-electron chi connectivity index (χ4n) is 2.06. The first kappa shape index (κ1) is 18.5. The number of carbonyl (C=O) groups excluding carboxylic acids is 1. The maximum absolute atomic E-state index is 11.8. The van der Waals surface area contributed by atoms with E-state index in [9.17, 15) is 4.79 Å². The summed E-state index contributed by atoms with van der Waals surface area (Å²) >= 11 is 0. The number of ether oxygens (including phenoxy) is 1. The maximum Gasteiger partial charge on any atom is 0.408 e. The normalized spacial score (nSPS) is 12.1. The van der Waals surface area contributed by atoms with Crippen molar-refractivity contribution in [1.29, 1.82) is 0 Å². The minimum atomic E-state index is -0.479. The van der Waals surface area contributed by atoms with E-state index in [0.717, 1.165) is 6.54 Å². The van der Waals surface area contributed by atoms with Gasteiger partial charge in [0.1, 0.15) is 5.60 Å². The quantitative estimate of drug-likeness (QED) is 0.872. The van der Waals surface area contributed by atoms with E-state index in [2.05, 4.69) is 42.7 Å². The fourth-order valence-corrected chi connectivity index (χ4v) is 2.06. The monoisotopic (exact) mass is 306 g/mol. The fraction of sp³-hybridized carbons (Fsp3) is 0.611. The molecule has 0 saturated heterocycles. The average Bonchev–Trinajstić information content (AvgIpc) is 2.30. The van der Waals surface area contributed by atoms with Gasteiger partial charge in [0.15, 0.2) is 0 Å². The van der Waals surface area contributed by atoms with Gasteiger partial charge in [-0.25, -0.2) is 4.79 Å². The predicted octanol–water partition coefficient (Wildman–Crippen LogP) is 3.70. The summed E-state index contributed by atoms with van der Waals surface area (Å²) in [6, 6.07) is 6.46. The predicted molar refractivity (Wildman–Crippen MR) is 91.1 cm³/mol. The standard InChI is InChI=1S/C18H30N2O2/c1-13-8-9-15(10-14(13)2)11-19-12-18(6,7)20-16(21)22-17(3,4)5/h8-10,19H,11-12H2,1-7H3,(H,20,21). The molecule has 1 rings (SSSR count). The molecule has 0 spiro atoms. The molecule has 4 heteroatoms. The number of hydrogen-bond donors (Lipinski definition) is 2. The zero-order valence-electron chi connectivity index (χ0n) is 15.0. The van der Waals surface area contributed by atoms with Crippen molar-refractivity contribution in [2.24, 2.45) is 0 Å². The lowest BCUT2D eigenvalue weighted by atomic mass is 10.0. The highest BCUT2D eigenvalue weighted by molar-refractivity contribution is 5.68. The van der Waals surface area contributed by atoms with Crippen LogP contribution in [-0.4, -0.2) is 23.8 Å². The molecule has 2 N–H and O–H groups in total. The summed E-state index contributed by atoms with van der Waals surface area (Å²) in [7, 11) is 0. The Morgan fingerprint density at radius 1 is 1.09 bits per heavy atom. The molecular formula is C18H30N2O2. The van der Waals surface area contributed by atoms with Crippen molar-refractivity contribution in [3.63, 3.8) is 0 Å². The first-order valence-electron chi connectivity index (χ1n) is 7.76. The molecule has 0 aromatic heterocycles. The Morgan fingerprint density at radius 3 is 2.27 bits per heavy atom. The molecule has 1 amide bonds. The van der Waals surface area contributed by atoms with Crippen molar-refractivity contribution in [3.8, 4) is 0 Å². The van der Waals surface area contributed by atoms with E-state index in [1.165, 1.54) is 16.7 Å². The Labute approximate surface area is 134 Å². The van der Waals surface area contributed by atoms with Crippen LogP contribution in [0.15, 0.2) is 18.2 Å². The molecule has 0 bridgehead atoms. The van der Waals surface area contributed by atoms with Gasteiger partial charge in [0, 0.05) is 13.1 Å². The molecule has 1 aromatic carbocycles. The van der Waals surface area contributed by atoms with Crippen molar-refractivity contribution >= 4 is 6.09 Å². The lowest BCUT2D eigenvalue weighted by Crippen LogP contribution is -2.51. The van der Waals surface area contributed by atoms with Gasteiger partial charge >= 0.3 is 6.09 Å². The molecule has 0 heterocycles. The molecule has 0 atom stereocenters. The molecule has 0 aliphatic carbocycles. The largest absolute Gasteiger partial charge is 0.444 e. The second kappa shape index (κ2) is 7.14. The number of benzene rings is 1. The highest BCUT2D eigenvalue weighted by Crippen LogP contribution is 2.11. The topological polar surface area (TPSA) is 50.4 Å². The van der Waals surface area contributed by atoms with Crippen molar-refractivity contribution in [2.75, 3.05) is 6.54 Å². The van der Waals surface area contributed by atoms with Crippen LogP contribution in [0.3, 0.4) is 0 Å². The van der Waals surface area contributed by atoms with E-state index in [-0.39, 0.29) is 11.6 Å². The van der Waals surface area contributed by atoms with Crippen molar-refractivity contribution in [2.45, 2.75) is 66.2 Å². The molecule has 0 aliphatic heterocycles. The lowest BCUT2D eigenvalue weighted by Gasteiger charge is -2.29. The van der Waals surface area contributed by atoms with Gasteiger partial charge in [-0.2, -0.15) is 0 Å². The molecule has 0 fully saturated rings. The van der Waals surface area contributed by atoms with Crippen LogP contribution in [0.2, 0.25) is 0 Å². The average molecular weight is 306 g/mol. The summed E-state index contributed by atoms with van der Waals surface area (Å²) in [4.78, 5) is 11.8. The zero-order chi connectivity index (χ0) is 17.0. The Hall–Kier alpha value is -1.55. The van der Waals surface area contributed by atoms with Crippen LogP contribution in [0, 0.1) is 13.8 Å². The minimum Gasteiger partial charge on any atom is -0.444 e. The highest BCUT2D eigenvalue weighted by atomic mass is 16.6. The van der Waals surface area contributed by atoms with Gasteiger partial charge in [-0.3, -0.25) is 0 Å². The summed E-state index contributed by atoms with van der Waals surface area (Å²) in [6.07, 6.45) is -0.384. The Morgan fingerprint density at radius 2 is 1.73 bits per heavy atom. The van der Waals surface area contributed by atoms with Gasteiger partial charge in [-0.05, 0) is 65.2 Å². The highest BCUT2D eigenvalue weighted by Gasteiger charge is 2.24. The van der Waals surface area contributed by atoms with Crippen molar-refractivity contribution in [3.05, 3.63) is 34.9 Å². The van der Waals surface area contributed by atoms with Gasteiger partial charge in [-0.1, -0.05) is 18.2 Å². The molecular weight excluding hydrogens is 276 g/mol. The number of hydrogen-bond acceptors (Lipinski definition) is 3. The van der Waals surface area contributed by atoms with Crippen LogP contribution in [0.5, 0.6) is 0 Å². The third kappa shape index (κ3) is 6.94. The van der Waals surface area contributed by atoms with Crippen LogP contribution < -0.4 is 10.6 Å². The van der Waals surface area contributed by atoms with Crippen LogP contribution in [-0.2, 0) is 11.3 Å². The number of rotatable bonds is 5. The Kier molecular flexibility index (Phi) is 6.00. The molecule has 0 radical (unpaired) electrons. The molecule has 4 nitrogen and oxygen atoms in total. The lowest BCUT2D eigenvalue weighted by molar-refractivity contribution is 0.0472. The van der Waals surface area contributed by atoms with E-state index in [1.807, 2.05) is 34.6 Å². The van der Waals surface area contributed by atoms with E-state index >= 15 is 0 Å². The van der Waals surface area contributed by atoms with Gasteiger partial charge < -0.3 is 15.4 Å². The third-order valence-corrected chi connectivity index (χ3v) is 3.31. The molecule has 124 valence electrons. The number of carbonyl (C=O) groups is 1. The van der Waals surface area contributed by atoms with E-state index in [0.29, 0.717) is 6.54 Å². The van der Waals surface area contributed by atoms with E-state index in [4.69, 9.17) is 4.74 Å². The first-order valence-corrected chi connectivity index (χ1v) is 7.76. The van der Waals surface area contributed by atoms with Crippen LogP contribution in [0.1, 0.15) is 51.3 Å². The summed E-state index contributed by atoms with van der Waals surface area (Å²) < 4.78 is 5.29. The first-order chi connectivity index (χ1) is 9.98. The second-order valence-electron chi connectivity index (χ2n) is 7.53. The van der Waals surface area contributed by atoms with E-state index < -0.39 is 5.60 Å². The van der Waals surface area contributed by atoms with E-state index in [1.54, 1.807) is 0 Å². The summed E-state index contributed by atoms with van der Waals surface area (Å²) in [5.74, 6) is 0. The SMILES string of the molecule is Cc1ccc(CNCC(C)(C)NC(=O)OC(C)(C)C)cc1C. The molecule has 0 saturated carbocycles. The number of alkyl carbamates (subject to hydrolysis) is 1. The maximum atomic E-state index is 11.8. The van der Waals surface area contributed by atoms with Gasteiger partial charge in [0.25, 0.3) is 0 Å². The van der Waals surface area contributed by atoms with Crippen molar-refractivity contribution in [1.82, 2.24) is 10.6 Å². The molecule has 1 aromatic rings. The molecule has 0 unspecified atom stereocenters. The molecule has 22 heavy (non-hydrogen) atoms. The van der Waals surface area contributed by atoms with Gasteiger partial charge in [0.05, 0.1) is 5.54 Å². The number of aryl methyl sites for hydroxylation is 2. The summed E-state index contributed by atoms with van der Waals surface area (Å²) in [5.41, 5.74) is 2.99. The summed E-state index contributed by atoms with van der Waals surface area (Å²) in [6.45, 7) is 15.2. The minimum absolute atomic E-state index is 0.373. The van der Waals surface area contributed by atoms with Gasteiger partial charge in [0.2, 0.25) is 0 Å². The smallest absolute Gasteiger partial charge is 0.408 e. The number of nitrogens with one attached hydrogen (secondary N) is 2. The second-order valence-corrected chi connectivity index (χ2v) is 7.53. The van der Waals surface area contributed by atoms with Gasteiger partial charge in [-0.15, -0.1) is 0 Å². The Balaban J connectivity index is 2.45. The molecule has 0 aliphatic rings. The third-order valence-electron chi connectivity index (χ3n) is 3.31. The number of amides is 1. The van der Waals surface area contributed by atoms with Crippen molar-refractivity contribution < 1.29 is 9.53 Å². The summed E-state index contributed by atoms with van der Waals surface area (Å²) in [5, 5.41) is 6.28.